The Labute approximate surface area is 113 Å². The van der Waals surface area contributed by atoms with Gasteiger partial charge in [0.05, 0.1) is 10.6 Å². The first kappa shape index (κ1) is 14.6. The molecule has 0 aromatic carbocycles. The molecule has 4 heteroatoms. The van der Waals surface area contributed by atoms with Crippen LogP contribution in [0.1, 0.15) is 40.5 Å². The largest absolute Gasteiger partial charge is 0.392 e. The molecule has 0 saturated heterocycles. The normalized spacial score (nSPS) is 21.5. The molecule has 0 radical (unpaired) electrons. The zero-order chi connectivity index (χ0) is 13.7. The Kier molecular flexibility index (Phi) is 5.24. The van der Waals surface area contributed by atoms with Crippen LogP contribution in [0, 0.1) is 11.3 Å². The van der Waals surface area contributed by atoms with Gasteiger partial charge in [-0.15, -0.1) is 0 Å². The van der Waals surface area contributed by atoms with Crippen molar-refractivity contribution in [3.63, 3.8) is 0 Å². The Bertz CT molecular complexity index is 502. The Morgan fingerprint density at radius 2 is 2.11 bits per heavy atom. The van der Waals surface area contributed by atoms with E-state index >= 15 is 0 Å². The van der Waals surface area contributed by atoms with Crippen molar-refractivity contribution in [3.05, 3.63) is 33.5 Å². The third-order valence-corrected chi connectivity index (χ3v) is 3.68. The van der Waals surface area contributed by atoms with E-state index in [4.69, 9.17) is 5.73 Å². The van der Waals surface area contributed by atoms with Crippen LogP contribution in [0.5, 0.6) is 0 Å². The number of allylic oxidation sites excluding steroid dienone is 4. The maximum atomic E-state index is 9.20. The summed E-state index contributed by atoms with van der Waals surface area (Å²) in [5, 5.41) is 10.6. The molecule has 0 atom stereocenters. The molecule has 96 valence electrons. The Morgan fingerprint density at radius 3 is 2.61 bits per heavy atom. The highest BCUT2D eigenvalue weighted by atomic mass is 32.2. The summed E-state index contributed by atoms with van der Waals surface area (Å²) in [4.78, 5) is 4.57. The van der Waals surface area contributed by atoms with Gasteiger partial charge in [0, 0.05) is 11.3 Å². The molecule has 0 aromatic heterocycles. The van der Waals surface area contributed by atoms with Gasteiger partial charge in [0.25, 0.3) is 0 Å². The van der Waals surface area contributed by atoms with Gasteiger partial charge in [-0.05, 0) is 26.7 Å². The van der Waals surface area contributed by atoms with Crippen molar-refractivity contribution in [2.24, 2.45) is 10.7 Å². The van der Waals surface area contributed by atoms with E-state index in [-0.39, 0.29) is 0 Å². The standard InChI is InChI=1S/C14H19N3S/c1-5-7-10(4)17-14-12(9(3)6-2)11(8-15)13(16)18-14/h7H,5-6,16H2,1-4H3/b10-7+,12-9-,17-14-. The number of nitrogens with two attached hydrogens (primary N) is 1. The van der Waals surface area contributed by atoms with E-state index in [1.165, 1.54) is 11.8 Å². The molecule has 0 fully saturated rings. The minimum Gasteiger partial charge on any atom is -0.392 e. The summed E-state index contributed by atoms with van der Waals surface area (Å²) < 4.78 is 0. The summed E-state index contributed by atoms with van der Waals surface area (Å²) >= 11 is 1.39. The lowest BCUT2D eigenvalue weighted by Gasteiger charge is -2.05. The van der Waals surface area contributed by atoms with Crippen molar-refractivity contribution in [1.82, 2.24) is 0 Å². The zero-order valence-corrected chi connectivity index (χ0v) is 12.2. The Balaban J connectivity index is 3.28. The zero-order valence-electron chi connectivity index (χ0n) is 11.4. The molecule has 0 aromatic rings. The van der Waals surface area contributed by atoms with Crippen LogP contribution in [-0.2, 0) is 0 Å². The van der Waals surface area contributed by atoms with E-state index in [1.54, 1.807) is 0 Å². The second-order valence-corrected chi connectivity index (χ2v) is 5.16. The molecule has 3 nitrogen and oxygen atoms in total. The first-order valence-electron chi connectivity index (χ1n) is 6.08. The van der Waals surface area contributed by atoms with Gasteiger partial charge in [-0.3, -0.25) is 0 Å². The monoisotopic (exact) mass is 261 g/mol. The predicted molar refractivity (Wildman–Crippen MR) is 78.9 cm³/mol. The highest BCUT2D eigenvalue weighted by Crippen LogP contribution is 2.37. The minimum atomic E-state index is 0.559. The summed E-state index contributed by atoms with van der Waals surface area (Å²) in [6.45, 7) is 8.15. The highest BCUT2D eigenvalue weighted by molar-refractivity contribution is 8.18. The van der Waals surface area contributed by atoms with E-state index in [9.17, 15) is 5.26 Å². The van der Waals surface area contributed by atoms with Gasteiger partial charge in [0.1, 0.15) is 11.1 Å². The molecule has 18 heavy (non-hydrogen) atoms. The molecule has 0 bridgehead atoms. The van der Waals surface area contributed by atoms with Gasteiger partial charge in [-0.25, -0.2) is 4.99 Å². The van der Waals surface area contributed by atoms with Crippen LogP contribution in [-0.4, -0.2) is 5.04 Å². The van der Waals surface area contributed by atoms with Crippen LogP contribution >= 0.6 is 11.8 Å². The summed E-state index contributed by atoms with van der Waals surface area (Å²) in [7, 11) is 0. The topological polar surface area (TPSA) is 62.2 Å². The third-order valence-electron chi connectivity index (χ3n) is 2.76. The molecule has 0 unspecified atom stereocenters. The summed E-state index contributed by atoms with van der Waals surface area (Å²) in [5.41, 5.74) is 9.51. The quantitative estimate of drug-likeness (QED) is 0.839. The lowest BCUT2D eigenvalue weighted by molar-refractivity contribution is 1.08. The van der Waals surface area contributed by atoms with Gasteiger partial charge in [0.2, 0.25) is 0 Å². The van der Waals surface area contributed by atoms with Crippen molar-refractivity contribution < 1.29 is 0 Å². The van der Waals surface area contributed by atoms with Crippen molar-refractivity contribution in [2.75, 3.05) is 0 Å². The summed E-state index contributed by atoms with van der Waals surface area (Å²) in [6.07, 6.45) is 3.91. The molecule has 1 aliphatic heterocycles. The van der Waals surface area contributed by atoms with Crippen molar-refractivity contribution >= 4 is 16.8 Å². The van der Waals surface area contributed by atoms with Crippen molar-refractivity contribution in [2.45, 2.75) is 40.5 Å². The first-order chi connectivity index (χ1) is 8.54. The number of aliphatic imine (C=N–C) groups is 1. The number of rotatable bonds is 3. The van der Waals surface area contributed by atoms with Crippen molar-refractivity contribution in [3.8, 4) is 6.07 Å². The van der Waals surface area contributed by atoms with Crippen LogP contribution in [0.2, 0.25) is 0 Å². The average molecular weight is 261 g/mol. The van der Waals surface area contributed by atoms with Gasteiger partial charge in [-0.2, -0.15) is 5.26 Å². The van der Waals surface area contributed by atoms with E-state index in [1.807, 2.05) is 13.8 Å². The Hall–Kier alpha value is -1.47. The maximum absolute atomic E-state index is 9.20. The molecular weight excluding hydrogens is 242 g/mol. The number of hydrogen-bond acceptors (Lipinski definition) is 4. The maximum Gasteiger partial charge on any atom is 0.111 e. The fourth-order valence-corrected chi connectivity index (χ4v) is 2.73. The number of thioether (sulfide) groups is 1. The van der Waals surface area contributed by atoms with Gasteiger partial charge < -0.3 is 5.73 Å². The van der Waals surface area contributed by atoms with Crippen LogP contribution in [0.4, 0.5) is 0 Å². The molecule has 0 aliphatic carbocycles. The Morgan fingerprint density at radius 1 is 1.44 bits per heavy atom. The van der Waals surface area contributed by atoms with E-state index in [0.717, 1.165) is 34.7 Å². The summed E-state index contributed by atoms with van der Waals surface area (Å²) in [5.74, 6) is 0. The molecule has 1 heterocycles. The molecule has 0 spiro atoms. The molecule has 0 saturated carbocycles. The highest BCUT2D eigenvalue weighted by Gasteiger charge is 2.26. The number of hydrogen-bond donors (Lipinski definition) is 1. The lowest BCUT2D eigenvalue weighted by atomic mass is 10.0. The molecule has 0 amide bonds. The second-order valence-electron chi connectivity index (χ2n) is 4.13. The molecule has 1 aliphatic rings. The fraction of sp³-hybridized carbons (Fsp3) is 0.429. The van der Waals surface area contributed by atoms with Gasteiger partial charge >= 0.3 is 0 Å². The van der Waals surface area contributed by atoms with Crippen LogP contribution < -0.4 is 5.73 Å². The molecule has 2 N–H and O–H groups in total. The number of nitriles is 1. The number of nitrogens with zero attached hydrogens (tertiary/aromatic N) is 2. The summed E-state index contributed by atoms with van der Waals surface area (Å²) in [6, 6.07) is 2.19. The lowest BCUT2D eigenvalue weighted by Crippen LogP contribution is -1.98. The third kappa shape index (κ3) is 3.05. The van der Waals surface area contributed by atoms with Crippen LogP contribution in [0.3, 0.4) is 0 Å². The second kappa shape index (κ2) is 6.46. The minimum absolute atomic E-state index is 0.559. The van der Waals surface area contributed by atoms with Crippen LogP contribution in [0.25, 0.3) is 0 Å². The predicted octanol–water partition coefficient (Wildman–Crippen LogP) is 3.87. The van der Waals surface area contributed by atoms with Crippen molar-refractivity contribution in [1.29, 1.82) is 5.26 Å². The molecular formula is C14H19N3S. The van der Waals surface area contributed by atoms with Gasteiger partial charge in [0.15, 0.2) is 0 Å². The fourth-order valence-electron chi connectivity index (χ4n) is 1.70. The van der Waals surface area contributed by atoms with E-state index in [0.29, 0.717) is 10.6 Å². The first-order valence-corrected chi connectivity index (χ1v) is 6.90. The van der Waals surface area contributed by atoms with E-state index < -0.39 is 0 Å². The van der Waals surface area contributed by atoms with Crippen LogP contribution in [0.15, 0.2) is 38.5 Å². The SMILES string of the molecule is CC/C=C(C)/N=C1\SC(N)=C(C#N)\C1=C(/C)CC. The van der Waals surface area contributed by atoms with E-state index in [2.05, 4.69) is 31.0 Å². The van der Waals surface area contributed by atoms with Gasteiger partial charge in [-0.1, -0.05) is 37.3 Å². The average Bonchev–Trinajstić information content (AvgIpc) is 2.64. The smallest absolute Gasteiger partial charge is 0.111 e. The molecule has 1 rings (SSSR count).